The number of nitrogens with zero attached hydrogens (tertiary/aromatic N) is 2. The highest BCUT2D eigenvalue weighted by molar-refractivity contribution is 9.10. The summed E-state index contributed by atoms with van der Waals surface area (Å²) in [5, 5.41) is 0. The largest absolute Gasteiger partial charge is 0.435 e. The number of ether oxygens (including phenoxy) is 1. The Labute approximate surface area is 109 Å². The highest BCUT2D eigenvalue weighted by Gasteiger charge is 2.05. The van der Waals surface area contributed by atoms with Crippen molar-refractivity contribution in [2.75, 3.05) is 5.73 Å². The van der Waals surface area contributed by atoms with Crippen molar-refractivity contribution in [1.29, 1.82) is 0 Å². The molecule has 2 aromatic heterocycles. The molecular weight excluding hydrogens is 338 g/mol. The van der Waals surface area contributed by atoms with Gasteiger partial charge in [-0.15, -0.1) is 0 Å². The van der Waals surface area contributed by atoms with Gasteiger partial charge in [0, 0.05) is 21.3 Å². The minimum Gasteiger partial charge on any atom is -0.435 e. The van der Waals surface area contributed by atoms with Crippen LogP contribution in [0.5, 0.6) is 11.6 Å². The van der Waals surface area contributed by atoms with Gasteiger partial charge < -0.3 is 10.5 Å². The van der Waals surface area contributed by atoms with Crippen molar-refractivity contribution < 1.29 is 4.74 Å². The average Bonchev–Trinajstić information content (AvgIpc) is 2.22. The molecular formula is C10H7Br2N3O. The van der Waals surface area contributed by atoms with Crippen LogP contribution in [0.2, 0.25) is 0 Å². The van der Waals surface area contributed by atoms with Crippen molar-refractivity contribution in [2.24, 2.45) is 0 Å². The van der Waals surface area contributed by atoms with E-state index in [2.05, 4.69) is 41.8 Å². The lowest BCUT2D eigenvalue weighted by Crippen LogP contribution is -1.95. The molecule has 0 amide bonds. The lowest BCUT2D eigenvalue weighted by Gasteiger charge is -2.06. The standard InChI is InChI=1S/C10H7Br2N3O/c11-6-1-8(5-14-3-6)16-10-9(13)2-7(12)4-15-10/h1-5H,13H2. The smallest absolute Gasteiger partial charge is 0.242 e. The monoisotopic (exact) mass is 343 g/mol. The number of rotatable bonds is 2. The molecule has 4 nitrogen and oxygen atoms in total. The van der Waals surface area contributed by atoms with E-state index in [1.54, 1.807) is 30.7 Å². The molecule has 0 bridgehead atoms. The van der Waals surface area contributed by atoms with Crippen molar-refractivity contribution in [2.45, 2.75) is 0 Å². The zero-order chi connectivity index (χ0) is 11.5. The Morgan fingerprint density at radius 2 is 1.81 bits per heavy atom. The molecule has 16 heavy (non-hydrogen) atoms. The second-order valence-electron chi connectivity index (χ2n) is 2.99. The fourth-order valence-electron chi connectivity index (χ4n) is 1.09. The van der Waals surface area contributed by atoms with Gasteiger partial charge in [0.25, 0.3) is 0 Å². The molecule has 0 atom stereocenters. The lowest BCUT2D eigenvalue weighted by atomic mass is 10.4. The molecule has 82 valence electrons. The fourth-order valence-corrected chi connectivity index (χ4v) is 1.78. The third-order valence-electron chi connectivity index (χ3n) is 1.74. The molecule has 0 aliphatic rings. The first kappa shape index (κ1) is 11.3. The molecule has 0 unspecified atom stereocenters. The molecule has 0 saturated heterocycles. The van der Waals surface area contributed by atoms with Gasteiger partial charge in [-0.3, -0.25) is 4.98 Å². The van der Waals surface area contributed by atoms with Crippen LogP contribution in [0.25, 0.3) is 0 Å². The van der Waals surface area contributed by atoms with Gasteiger partial charge in [-0.2, -0.15) is 0 Å². The predicted molar refractivity (Wildman–Crippen MR) is 68.4 cm³/mol. The Hall–Kier alpha value is -1.14. The highest BCUT2D eigenvalue weighted by Crippen LogP contribution is 2.27. The molecule has 2 N–H and O–H groups in total. The molecule has 0 saturated carbocycles. The summed E-state index contributed by atoms with van der Waals surface area (Å²) in [6, 6.07) is 3.52. The fraction of sp³-hybridized carbons (Fsp3) is 0. The second kappa shape index (κ2) is 4.80. The number of nitrogens with two attached hydrogens (primary N) is 1. The Morgan fingerprint density at radius 3 is 2.50 bits per heavy atom. The lowest BCUT2D eigenvalue weighted by molar-refractivity contribution is 0.463. The van der Waals surface area contributed by atoms with Crippen LogP contribution in [0.1, 0.15) is 0 Å². The average molecular weight is 345 g/mol. The first-order chi connectivity index (χ1) is 7.65. The first-order valence-electron chi connectivity index (χ1n) is 4.34. The minimum absolute atomic E-state index is 0.364. The van der Waals surface area contributed by atoms with E-state index in [4.69, 9.17) is 10.5 Å². The quantitative estimate of drug-likeness (QED) is 0.907. The van der Waals surface area contributed by atoms with E-state index in [1.165, 1.54) is 0 Å². The maximum Gasteiger partial charge on any atom is 0.242 e. The van der Waals surface area contributed by atoms with Crippen LogP contribution in [0.15, 0.2) is 39.7 Å². The summed E-state index contributed by atoms with van der Waals surface area (Å²) in [6.45, 7) is 0. The van der Waals surface area contributed by atoms with Gasteiger partial charge in [0.05, 0.1) is 11.9 Å². The van der Waals surface area contributed by atoms with Crippen molar-refractivity contribution in [3.63, 3.8) is 0 Å². The predicted octanol–water partition coefficient (Wildman–Crippen LogP) is 3.38. The van der Waals surface area contributed by atoms with Gasteiger partial charge in [0.2, 0.25) is 5.88 Å². The van der Waals surface area contributed by atoms with Crippen LogP contribution in [0, 0.1) is 0 Å². The Bertz CT molecular complexity index is 519. The van der Waals surface area contributed by atoms with Crippen LogP contribution in [-0.2, 0) is 0 Å². The zero-order valence-corrected chi connectivity index (χ0v) is 11.2. The molecule has 0 spiro atoms. The third kappa shape index (κ3) is 2.70. The number of anilines is 1. The summed E-state index contributed by atoms with van der Waals surface area (Å²) < 4.78 is 7.14. The summed E-state index contributed by atoms with van der Waals surface area (Å²) in [4.78, 5) is 8.04. The van der Waals surface area contributed by atoms with Crippen LogP contribution < -0.4 is 10.5 Å². The second-order valence-corrected chi connectivity index (χ2v) is 4.82. The molecule has 2 heterocycles. The molecule has 2 aromatic rings. The van der Waals surface area contributed by atoms with E-state index < -0.39 is 0 Å². The number of hydrogen-bond donors (Lipinski definition) is 1. The Balaban J connectivity index is 2.27. The van der Waals surface area contributed by atoms with Crippen molar-refractivity contribution >= 4 is 37.5 Å². The van der Waals surface area contributed by atoms with Crippen LogP contribution in [-0.4, -0.2) is 9.97 Å². The number of nitrogen functional groups attached to an aromatic ring is 1. The van der Waals surface area contributed by atoms with E-state index in [1.807, 2.05) is 0 Å². The van der Waals surface area contributed by atoms with Gasteiger partial charge in [-0.1, -0.05) is 0 Å². The molecule has 0 aliphatic carbocycles. The van der Waals surface area contributed by atoms with Gasteiger partial charge in [-0.25, -0.2) is 4.98 Å². The summed E-state index contributed by atoms with van der Waals surface area (Å²) in [7, 11) is 0. The van der Waals surface area contributed by atoms with Gasteiger partial charge in [-0.05, 0) is 44.0 Å². The minimum atomic E-state index is 0.364. The SMILES string of the molecule is Nc1cc(Br)cnc1Oc1cncc(Br)c1. The number of pyridine rings is 2. The molecule has 6 heteroatoms. The Morgan fingerprint density at radius 1 is 1.06 bits per heavy atom. The van der Waals surface area contributed by atoms with E-state index in [0.29, 0.717) is 17.3 Å². The van der Waals surface area contributed by atoms with Gasteiger partial charge in [0.15, 0.2) is 0 Å². The van der Waals surface area contributed by atoms with E-state index in [0.717, 1.165) is 8.95 Å². The third-order valence-corrected chi connectivity index (χ3v) is 2.61. The summed E-state index contributed by atoms with van der Waals surface area (Å²) >= 11 is 6.58. The van der Waals surface area contributed by atoms with Crippen molar-refractivity contribution in [3.05, 3.63) is 39.7 Å². The van der Waals surface area contributed by atoms with E-state index >= 15 is 0 Å². The number of halogens is 2. The maximum atomic E-state index is 5.76. The van der Waals surface area contributed by atoms with Crippen LogP contribution in [0.4, 0.5) is 5.69 Å². The van der Waals surface area contributed by atoms with Crippen molar-refractivity contribution in [3.8, 4) is 11.6 Å². The Kier molecular flexibility index (Phi) is 3.40. The molecule has 0 aromatic carbocycles. The van der Waals surface area contributed by atoms with Crippen LogP contribution >= 0.6 is 31.9 Å². The number of aromatic nitrogens is 2. The highest BCUT2D eigenvalue weighted by atomic mass is 79.9. The summed E-state index contributed by atoms with van der Waals surface area (Å²) in [5.74, 6) is 0.944. The normalized spacial score (nSPS) is 10.1. The molecule has 0 fully saturated rings. The number of hydrogen-bond acceptors (Lipinski definition) is 4. The van der Waals surface area contributed by atoms with Gasteiger partial charge in [0.1, 0.15) is 5.75 Å². The summed E-state index contributed by atoms with van der Waals surface area (Å²) in [5.41, 5.74) is 6.22. The van der Waals surface area contributed by atoms with E-state index in [-0.39, 0.29) is 0 Å². The first-order valence-corrected chi connectivity index (χ1v) is 5.93. The maximum absolute atomic E-state index is 5.76. The molecule has 0 radical (unpaired) electrons. The van der Waals surface area contributed by atoms with Gasteiger partial charge >= 0.3 is 0 Å². The molecule has 2 rings (SSSR count). The van der Waals surface area contributed by atoms with E-state index in [9.17, 15) is 0 Å². The topological polar surface area (TPSA) is 61.0 Å². The van der Waals surface area contributed by atoms with Crippen LogP contribution in [0.3, 0.4) is 0 Å². The van der Waals surface area contributed by atoms with Crippen molar-refractivity contribution in [1.82, 2.24) is 9.97 Å². The zero-order valence-electron chi connectivity index (χ0n) is 8.02. The summed E-state index contributed by atoms with van der Waals surface area (Å²) in [6.07, 6.45) is 4.89. The molecule has 0 aliphatic heterocycles.